The van der Waals surface area contributed by atoms with Crippen LogP contribution in [0.25, 0.3) is 11.5 Å². The summed E-state index contributed by atoms with van der Waals surface area (Å²) in [4.78, 5) is 21.2. The maximum Gasteiger partial charge on any atom is 0.433 e. The van der Waals surface area contributed by atoms with Gasteiger partial charge in [-0.2, -0.15) is 5.10 Å². The van der Waals surface area contributed by atoms with Gasteiger partial charge in [0.2, 0.25) is 0 Å². The van der Waals surface area contributed by atoms with Gasteiger partial charge in [0.15, 0.2) is 12.0 Å². The molecule has 1 aromatic carbocycles. The van der Waals surface area contributed by atoms with Crippen LogP contribution >= 0.6 is 0 Å². The van der Waals surface area contributed by atoms with Gasteiger partial charge in [0.25, 0.3) is 0 Å². The Hall–Kier alpha value is -3.22. The highest BCUT2D eigenvalue weighted by Crippen LogP contribution is 2.27. The van der Waals surface area contributed by atoms with E-state index < -0.39 is 4.92 Å². The predicted molar refractivity (Wildman–Crippen MR) is 77.5 cm³/mol. The fraction of sp³-hybridized carbons (Fsp3) is 0.0667. The van der Waals surface area contributed by atoms with Crippen LogP contribution in [0.2, 0.25) is 0 Å². The molecule has 0 radical (unpaired) electrons. The third-order valence-corrected chi connectivity index (χ3v) is 3.11. The first kappa shape index (κ1) is 13.7. The number of aromatic nitrogens is 2. The van der Waals surface area contributed by atoms with Crippen LogP contribution in [0.3, 0.4) is 0 Å². The normalized spacial score (nSPS) is 10.5. The smallest absolute Gasteiger partial charge is 0.399 e. The highest BCUT2D eigenvalue weighted by Gasteiger charge is 2.18. The molecule has 0 spiro atoms. The Morgan fingerprint density at radius 2 is 2.00 bits per heavy atom. The monoisotopic (exact) mass is 297 g/mol. The number of hydrogen-bond acceptors (Lipinski definition) is 5. The molecule has 2 aromatic heterocycles. The SMILES string of the molecule is O=Cc1cn(Cc2ccccc2)nc1-c1ccc([N+](=O)[O-])o1. The van der Waals surface area contributed by atoms with E-state index in [1.165, 1.54) is 12.1 Å². The van der Waals surface area contributed by atoms with E-state index in [2.05, 4.69) is 5.10 Å². The Balaban J connectivity index is 1.94. The summed E-state index contributed by atoms with van der Waals surface area (Å²) in [5.74, 6) is -0.190. The third-order valence-electron chi connectivity index (χ3n) is 3.11. The van der Waals surface area contributed by atoms with Crippen molar-refractivity contribution in [3.05, 3.63) is 69.9 Å². The molecule has 0 aliphatic carbocycles. The molecule has 2 heterocycles. The van der Waals surface area contributed by atoms with Crippen molar-refractivity contribution in [2.24, 2.45) is 0 Å². The number of nitro groups is 1. The first-order valence-electron chi connectivity index (χ1n) is 6.48. The molecule has 0 saturated carbocycles. The topological polar surface area (TPSA) is 91.2 Å². The second-order valence-electron chi connectivity index (χ2n) is 4.63. The zero-order valence-electron chi connectivity index (χ0n) is 11.4. The number of rotatable bonds is 5. The van der Waals surface area contributed by atoms with Crippen LogP contribution in [-0.4, -0.2) is 21.0 Å². The van der Waals surface area contributed by atoms with Crippen LogP contribution in [-0.2, 0) is 6.54 Å². The molecule has 0 unspecified atom stereocenters. The van der Waals surface area contributed by atoms with Crippen LogP contribution < -0.4 is 0 Å². The minimum atomic E-state index is -0.634. The number of hydrogen-bond donors (Lipinski definition) is 0. The Kier molecular flexibility index (Phi) is 3.53. The second-order valence-corrected chi connectivity index (χ2v) is 4.63. The number of benzene rings is 1. The van der Waals surface area contributed by atoms with Crippen molar-refractivity contribution in [1.82, 2.24) is 9.78 Å². The highest BCUT2D eigenvalue weighted by molar-refractivity contribution is 5.84. The van der Waals surface area contributed by atoms with Crippen molar-refractivity contribution < 1.29 is 14.1 Å². The van der Waals surface area contributed by atoms with E-state index in [0.29, 0.717) is 24.1 Å². The lowest BCUT2D eigenvalue weighted by Gasteiger charge is -2.00. The quantitative estimate of drug-likeness (QED) is 0.410. The van der Waals surface area contributed by atoms with E-state index >= 15 is 0 Å². The first-order chi connectivity index (χ1) is 10.7. The molecule has 0 fully saturated rings. The Bertz CT molecular complexity index is 820. The summed E-state index contributed by atoms with van der Waals surface area (Å²) in [7, 11) is 0. The molecule has 0 atom stereocenters. The molecule has 0 N–H and O–H groups in total. The lowest BCUT2D eigenvalue weighted by molar-refractivity contribution is -0.401. The molecule has 0 saturated heterocycles. The van der Waals surface area contributed by atoms with E-state index in [1.54, 1.807) is 10.9 Å². The van der Waals surface area contributed by atoms with E-state index in [1.807, 2.05) is 30.3 Å². The van der Waals surface area contributed by atoms with Gasteiger partial charge in [0.05, 0.1) is 18.2 Å². The number of furan rings is 1. The maximum atomic E-state index is 11.2. The average molecular weight is 297 g/mol. The minimum absolute atomic E-state index is 0.195. The molecular formula is C15H11N3O4. The molecule has 7 nitrogen and oxygen atoms in total. The molecule has 0 aliphatic rings. The number of carbonyl (C=O) groups is 1. The van der Waals surface area contributed by atoms with Gasteiger partial charge >= 0.3 is 5.88 Å². The number of aldehydes is 1. The van der Waals surface area contributed by atoms with Gasteiger partial charge in [-0.15, -0.1) is 0 Å². The van der Waals surface area contributed by atoms with Gasteiger partial charge in [-0.05, 0) is 11.6 Å². The molecule has 110 valence electrons. The molecule has 22 heavy (non-hydrogen) atoms. The molecule has 0 bridgehead atoms. The van der Waals surface area contributed by atoms with Crippen molar-refractivity contribution in [2.75, 3.05) is 0 Å². The second kappa shape index (κ2) is 5.65. The van der Waals surface area contributed by atoms with Crippen molar-refractivity contribution in [3.8, 4) is 11.5 Å². The predicted octanol–water partition coefficient (Wildman–Crippen LogP) is 2.91. The van der Waals surface area contributed by atoms with Crippen LogP contribution in [0.15, 0.2) is 53.1 Å². The highest BCUT2D eigenvalue weighted by atomic mass is 16.6. The average Bonchev–Trinajstić information content (AvgIpc) is 3.14. The third kappa shape index (κ3) is 2.64. The molecule has 3 aromatic rings. The van der Waals surface area contributed by atoms with Crippen molar-refractivity contribution in [2.45, 2.75) is 6.54 Å². The van der Waals surface area contributed by atoms with Gasteiger partial charge in [0, 0.05) is 6.20 Å². The fourth-order valence-corrected chi connectivity index (χ4v) is 2.12. The van der Waals surface area contributed by atoms with Crippen molar-refractivity contribution in [3.63, 3.8) is 0 Å². The van der Waals surface area contributed by atoms with Crippen molar-refractivity contribution in [1.29, 1.82) is 0 Å². The molecule has 0 aliphatic heterocycles. The van der Waals surface area contributed by atoms with Crippen molar-refractivity contribution >= 4 is 12.2 Å². The largest absolute Gasteiger partial charge is 0.433 e. The Morgan fingerprint density at radius 1 is 1.23 bits per heavy atom. The summed E-state index contributed by atoms with van der Waals surface area (Å²) in [5, 5.41) is 15.0. The summed E-state index contributed by atoms with van der Waals surface area (Å²) in [5.41, 5.74) is 1.64. The summed E-state index contributed by atoms with van der Waals surface area (Å²) >= 11 is 0. The Labute approximate surface area is 124 Å². The minimum Gasteiger partial charge on any atom is -0.399 e. The lowest BCUT2D eigenvalue weighted by atomic mass is 10.2. The first-order valence-corrected chi connectivity index (χ1v) is 6.48. The zero-order valence-corrected chi connectivity index (χ0v) is 11.4. The van der Waals surface area contributed by atoms with Gasteiger partial charge in [-0.1, -0.05) is 30.3 Å². The van der Waals surface area contributed by atoms with Gasteiger partial charge < -0.3 is 4.42 Å². The molecular weight excluding hydrogens is 286 g/mol. The Morgan fingerprint density at radius 3 is 2.64 bits per heavy atom. The number of carbonyl (C=O) groups excluding carboxylic acids is 1. The summed E-state index contributed by atoms with van der Waals surface area (Å²) in [6.45, 7) is 0.491. The van der Waals surface area contributed by atoms with Gasteiger partial charge in [-0.3, -0.25) is 19.6 Å². The van der Waals surface area contributed by atoms with Gasteiger partial charge in [0.1, 0.15) is 10.6 Å². The maximum absolute atomic E-state index is 11.2. The van der Waals surface area contributed by atoms with Crippen LogP contribution in [0.5, 0.6) is 0 Å². The molecule has 3 rings (SSSR count). The summed E-state index contributed by atoms with van der Waals surface area (Å²) in [6, 6.07) is 12.3. The zero-order chi connectivity index (χ0) is 15.5. The van der Waals surface area contributed by atoms with E-state index in [9.17, 15) is 14.9 Å². The van der Waals surface area contributed by atoms with Crippen LogP contribution in [0.4, 0.5) is 5.88 Å². The van der Waals surface area contributed by atoms with E-state index in [0.717, 1.165) is 5.56 Å². The lowest BCUT2D eigenvalue weighted by Crippen LogP contribution is -1.99. The number of nitrogens with zero attached hydrogens (tertiary/aromatic N) is 3. The van der Waals surface area contributed by atoms with Crippen LogP contribution in [0.1, 0.15) is 15.9 Å². The van der Waals surface area contributed by atoms with E-state index in [4.69, 9.17) is 4.42 Å². The summed E-state index contributed by atoms with van der Waals surface area (Å²) < 4.78 is 6.70. The molecule has 7 heteroatoms. The molecule has 0 amide bonds. The van der Waals surface area contributed by atoms with E-state index in [-0.39, 0.29) is 11.6 Å². The van der Waals surface area contributed by atoms with Crippen LogP contribution in [0, 0.1) is 10.1 Å². The fourth-order valence-electron chi connectivity index (χ4n) is 2.12. The standard InChI is InChI=1S/C15H11N3O4/c19-10-12-9-17(8-11-4-2-1-3-5-11)16-15(12)13-6-7-14(22-13)18(20)21/h1-7,9-10H,8H2. The van der Waals surface area contributed by atoms with Gasteiger partial charge in [-0.25, -0.2) is 0 Å². The summed E-state index contributed by atoms with van der Waals surface area (Å²) in [6.07, 6.45) is 2.24.